The number of amides is 2. The molecule has 0 radical (unpaired) electrons. The van der Waals surface area contributed by atoms with E-state index in [0.29, 0.717) is 51.9 Å². The van der Waals surface area contributed by atoms with E-state index in [0.717, 1.165) is 23.4 Å². The van der Waals surface area contributed by atoms with Crippen molar-refractivity contribution in [2.24, 2.45) is 0 Å². The minimum atomic E-state index is -0.427. The summed E-state index contributed by atoms with van der Waals surface area (Å²) in [7, 11) is 1.69. The molecule has 30 heavy (non-hydrogen) atoms. The fourth-order valence-corrected chi connectivity index (χ4v) is 4.43. The molecule has 162 valence electrons. The summed E-state index contributed by atoms with van der Waals surface area (Å²) in [5.74, 6) is 1.08. The number of pyridine rings is 1. The van der Waals surface area contributed by atoms with E-state index in [1.54, 1.807) is 13.3 Å². The number of methoxy groups -OCH3 is 1. The number of imidazole rings is 1. The topological polar surface area (TPSA) is 98.6 Å². The monoisotopic (exact) mass is 415 g/mol. The molecule has 0 aliphatic carbocycles. The number of carbonyl (C=O) groups is 2. The van der Waals surface area contributed by atoms with E-state index in [1.165, 1.54) is 0 Å². The third-order valence-corrected chi connectivity index (χ3v) is 6.05. The Kier molecular flexibility index (Phi) is 5.90. The van der Waals surface area contributed by atoms with Crippen molar-refractivity contribution in [3.63, 3.8) is 0 Å². The minimum Gasteiger partial charge on any atom is -0.441 e. The molecule has 0 saturated carbocycles. The maximum atomic E-state index is 12.7. The van der Waals surface area contributed by atoms with Crippen molar-refractivity contribution in [3.05, 3.63) is 24.2 Å². The zero-order valence-corrected chi connectivity index (χ0v) is 17.6. The van der Waals surface area contributed by atoms with Crippen LogP contribution in [0.5, 0.6) is 0 Å². The van der Waals surface area contributed by atoms with E-state index < -0.39 is 5.60 Å². The Bertz CT molecular complexity index is 919. The van der Waals surface area contributed by atoms with Crippen LogP contribution in [-0.2, 0) is 20.7 Å². The molecule has 0 bridgehead atoms. The highest BCUT2D eigenvalue weighted by atomic mass is 16.6. The van der Waals surface area contributed by atoms with Crippen LogP contribution in [-0.4, -0.2) is 70.4 Å². The summed E-state index contributed by atoms with van der Waals surface area (Å²) in [6.07, 6.45) is 4.69. The van der Waals surface area contributed by atoms with Gasteiger partial charge < -0.3 is 24.3 Å². The fraction of sp³-hybridized carbons (Fsp3) is 0.619. The van der Waals surface area contributed by atoms with Crippen LogP contribution < -0.4 is 5.32 Å². The Hall–Kier alpha value is -2.68. The molecule has 2 amide bonds. The number of hydrogen-bond acceptors (Lipinski definition) is 6. The maximum Gasteiger partial charge on any atom is 0.407 e. The highest BCUT2D eigenvalue weighted by molar-refractivity contribution is 5.76. The zero-order valence-electron chi connectivity index (χ0n) is 17.6. The standard InChI is InChI=1S/C21H29N5O4/c1-15(13-29-2)26-17(24-16-5-4-10-22-19(16)26)6-3-7-18(27)25-11-8-21(9-12-25)14-23-20(28)30-21/h4-5,10,15H,3,6-9,11-14H2,1-2H3,(H,23,28). The van der Waals surface area contributed by atoms with Crippen LogP contribution in [0.15, 0.2) is 18.3 Å². The zero-order chi connectivity index (χ0) is 21.1. The quantitative estimate of drug-likeness (QED) is 0.743. The number of likely N-dealkylation sites (tertiary alicyclic amines) is 1. The highest BCUT2D eigenvalue weighted by Gasteiger charge is 2.43. The van der Waals surface area contributed by atoms with Crippen molar-refractivity contribution in [3.8, 4) is 0 Å². The van der Waals surface area contributed by atoms with Crippen LogP contribution in [0.1, 0.15) is 44.5 Å². The number of aromatic nitrogens is 3. The van der Waals surface area contributed by atoms with E-state index in [4.69, 9.17) is 14.5 Å². The van der Waals surface area contributed by atoms with Crippen LogP contribution in [0.4, 0.5) is 4.79 Å². The average Bonchev–Trinajstić information content (AvgIpc) is 3.28. The lowest BCUT2D eigenvalue weighted by Gasteiger charge is -2.37. The summed E-state index contributed by atoms with van der Waals surface area (Å²) < 4.78 is 12.9. The van der Waals surface area contributed by atoms with E-state index in [1.807, 2.05) is 17.0 Å². The molecule has 2 fully saturated rings. The van der Waals surface area contributed by atoms with Crippen molar-refractivity contribution in [2.45, 2.75) is 50.7 Å². The predicted octanol–water partition coefficient (Wildman–Crippen LogP) is 2.06. The first-order valence-electron chi connectivity index (χ1n) is 10.6. The number of hydrogen-bond donors (Lipinski definition) is 1. The number of nitrogens with one attached hydrogen (secondary N) is 1. The minimum absolute atomic E-state index is 0.113. The van der Waals surface area contributed by atoms with Crippen molar-refractivity contribution >= 4 is 23.2 Å². The van der Waals surface area contributed by atoms with Crippen LogP contribution in [0, 0.1) is 0 Å². The Balaban J connectivity index is 1.34. The van der Waals surface area contributed by atoms with Gasteiger partial charge in [0.2, 0.25) is 5.91 Å². The summed E-state index contributed by atoms with van der Waals surface area (Å²) in [6, 6.07) is 3.96. The number of rotatable bonds is 7. The molecule has 2 aliphatic rings. The molecule has 9 nitrogen and oxygen atoms in total. The van der Waals surface area contributed by atoms with Gasteiger partial charge in [-0.05, 0) is 25.5 Å². The van der Waals surface area contributed by atoms with E-state index in [-0.39, 0.29) is 18.0 Å². The number of piperidine rings is 1. The smallest absolute Gasteiger partial charge is 0.407 e. The Morgan fingerprint density at radius 2 is 2.20 bits per heavy atom. The summed E-state index contributed by atoms with van der Waals surface area (Å²) in [4.78, 5) is 35.2. The lowest BCUT2D eigenvalue weighted by Crippen LogP contribution is -2.48. The summed E-state index contributed by atoms with van der Waals surface area (Å²) in [5, 5.41) is 2.72. The fourth-order valence-electron chi connectivity index (χ4n) is 4.43. The second kappa shape index (κ2) is 8.59. The largest absolute Gasteiger partial charge is 0.441 e. The third kappa shape index (κ3) is 4.12. The van der Waals surface area contributed by atoms with E-state index in [2.05, 4.69) is 21.8 Å². The number of carbonyl (C=O) groups excluding carboxylic acids is 2. The van der Waals surface area contributed by atoms with Gasteiger partial charge in [0.1, 0.15) is 16.9 Å². The third-order valence-electron chi connectivity index (χ3n) is 6.05. The van der Waals surface area contributed by atoms with Gasteiger partial charge in [0.05, 0.1) is 19.2 Å². The van der Waals surface area contributed by atoms with E-state index >= 15 is 0 Å². The molecule has 1 atom stereocenters. The van der Waals surface area contributed by atoms with Gasteiger partial charge in [-0.25, -0.2) is 14.8 Å². The number of aryl methyl sites for hydroxylation is 1. The number of nitrogens with zero attached hydrogens (tertiary/aromatic N) is 4. The molecule has 2 aromatic rings. The lowest BCUT2D eigenvalue weighted by molar-refractivity contribution is -0.134. The van der Waals surface area contributed by atoms with Crippen molar-refractivity contribution in [2.75, 3.05) is 33.4 Å². The van der Waals surface area contributed by atoms with Gasteiger partial charge in [0.25, 0.3) is 0 Å². The van der Waals surface area contributed by atoms with Crippen LogP contribution in [0.25, 0.3) is 11.2 Å². The van der Waals surface area contributed by atoms with E-state index in [9.17, 15) is 9.59 Å². The molecular weight excluding hydrogens is 386 g/mol. The molecule has 1 unspecified atom stereocenters. The molecule has 9 heteroatoms. The first-order valence-corrected chi connectivity index (χ1v) is 10.6. The molecule has 2 saturated heterocycles. The van der Waals surface area contributed by atoms with Gasteiger partial charge in [-0.1, -0.05) is 0 Å². The molecule has 2 aliphatic heterocycles. The SMILES string of the molecule is COCC(C)n1c(CCCC(=O)N2CCC3(CC2)CNC(=O)O3)nc2cccnc21. The number of alkyl carbamates (subject to hydrolysis) is 1. The van der Waals surface area contributed by atoms with Gasteiger partial charge >= 0.3 is 6.09 Å². The summed E-state index contributed by atoms with van der Waals surface area (Å²) >= 11 is 0. The van der Waals surface area contributed by atoms with Crippen LogP contribution in [0.2, 0.25) is 0 Å². The van der Waals surface area contributed by atoms with Gasteiger partial charge in [-0.15, -0.1) is 0 Å². The lowest BCUT2D eigenvalue weighted by atomic mass is 9.91. The van der Waals surface area contributed by atoms with Gasteiger partial charge in [-0.2, -0.15) is 0 Å². The molecule has 4 heterocycles. The maximum absolute atomic E-state index is 12.7. The average molecular weight is 415 g/mol. The van der Waals surface area contributed by atoms with Gasteiger partial charge in [-0.3, -0.25) is 4.79 Å². The molecule has 1 spiro atoms. The highest BCUT2D eigenvalue weighted by Crippen LogP contribution is 2.29. The molecule has 4 rings (SSSR count). The Labute approximate surface area is 175 Å². The predicted molar refractivity (Wildman–Crippen MR) is 110 cm³/mol. The number of ether oxygens (including phenoxy) is 2. The van der Waals surface area contributed by atoms with Crippen LogP contribution in [0.3, 0.4) is 0 Å². The van der Waals surface area contributed by atoms with Crippen molar-refractivity contribution in [1.82, 2.24) is 24.8 Å². The second-order valence-electron chi connectivity index (χ2n) is 8.21. The summed E-state index contributed by atoms with van der Waals surface area (Å²) in [5.41, 5.74) is 1.29. The summed E-state index contributed by atoms with van der Waals surface area (Å²) in [6.45, 7) is 4.45. The van der Waals surface area contributed by atoms with Crippen LogP contribution >= 0.6 is 0 Å². The first-order chi connectivity index (χ1) is 14.5. The first kappa shape index (κ1) is 20.6. The molecule has 1 N–H and O–H groups in total. The van der Waals surface area contributed by atoms with Gasteiger partial charge in [0.15, 0.2) is 5.65 Å². The molecule has 0 aromatic carbocycles. The second-order valence-corrected chi connectivity index (χ2v) is 8.21. The molecular formula is C21H29N5O4. The Morgan fingerprint density at radius 3 is 2.90 bits per heavy atom. The molecule has 2 aromatic heterocycles. The van der Waals surface area contributed by atoms with Gasteiger partial charge in [0, 0.05) is 52.1 Å². The van der Waals surface area contributed by atoms with Crippen molar-refractivity contribution < 1.29 is 19.1 Å². The Morgan fingerprint density at radius 1 is 1.40 bits per heavy atom. The van der Waals surface area contributed by atoms with Crippen molar-refractivity contribution in [1.29, 1.82) is 0 Å². The number of fused-ring (bicyclic) bond motifs is 1. The normalized spacial score (nSPS) is 19.1.